The van der Waals surface area contributed by atoms with Gasteiger partial charge in [-0.15, -0.1) is 0 Å². The lowest BCUT2D eigenvalue weighted by atomic mass is 10.4. The van der Waals surface area contributed by atoms with E-state index in [1.54, 1.807) is 6.33 Å². The van der Waals surface area contributed by atoms with Crippen molar-refractivity contribution in [1.29, 1.82) is 0 Å². The van der Waals surface area contributed by atoms with Crippen LogP contribution in [0.3, 0.4) is 0 Å². The number of nitrogens with one attached hydrogen (secondary N) is 1. The van der Waals surface area contributed by atoms with Crippen LogP contribution >= 0.6 is 0 Å². The maximum absolute atomic E-state index is 4.22. The highest BCUT2D eigenvalue weighted by atomic mass is 15.3. The van der Waals surface area contributed by atoms with Crippen molar-refractivity contribution < 1.29 is 0 Å². The molecule has 0 fully saturated rings. The molecule has 0 unspecified atom stereocenters. The van der Waals surface area contributed by atoms with E-state index in [4.69, 9.17) is 0 Å². The second-order valence-electron chi connectivity index (χ2n) is 3.43. The monoisotopic (exact) mass is 208 g/mol. The first-order valence-electron chi connectivity index (χ1n) is 5.57. The summed E-state index contributed by atoms with van der Waals surface area (Å²) in [6, 6.07) is 0. The summed E-state index contributed by atoms with van der Waals surface area (Å²) in [5.74, 6) is 1.03. The fourth-order valence-corrected chi connectivity index (χ4v) is 1.38. The maximum Gasteiger partial charge on any atom is 0.140 e. The van der Waals surface area contributed by atoms with Crippen molar-refractivity contribution in [3.05, 3.63) is 24.3 Å². The highest BCUT2D eigenvalue weighted by Crippen LogP contribution is 1.95. The zero-order valence-corrected chi connectivity index (χ0v) is 9.61. The van der Waals surface area contributed by atoms with Crippen LogP contribution in [0.4, 0.5) is 0 Å². The highest BCUT2D eigenvalue weighted by molar-refractivity contribution is 4.84. The Kier molecular flexibility index (Phi) is 5.70. The SMILES string of the molecule is C/C=C/CCNCc1ncnn1CCC. The predicted molar refractivity (Wildman–Crippen MR) is 61.5 cm³/mol. The summed E-state index contributed by atoms with van der Waals surface area (Å²) in [6.07, 6.45) is 8.01. The first kappa shape index (κ1) is 11.9. The molecule has 0 aliphatic heterocycles. The Morgan fingerprint density at radius 1 is 1.53 bits per heavy atom. The Bertz CT molecular complexity index is 291. The topological polar surface area (TPSA) is 42.7 Å². The summed E-state index contributed by atoms with van der Waals surface area (Å²) in [6.45, 7) is 6.93. The van der Waals surface area contributed by atoms with Gasteiger partial charge in [0.25, 0.3) is 0 Å². The third-order valence-electron chi connectivity index (χ3n) is 2.14. The van der Waals surface area contributed by atoms with Crippen molar-refractivity contribution in [3.8, 4) is 0 Å². The van der Waals surface area contributed by atoms with Gasteiger partial charge in [-0.05, 0) is 26.3 Å². The molecule has 0 radical (unpaired) electrons. The van der Waals surface area contributed by atoms with Crippen LogP contribution < -0.4 is 5.32 Å². The molecule has 1 aromatic heterocycles. The lowest BCUT2D eigenvalue weighted by Crippen LogP contribution is -2.18. The molecule has 0 aliphatic carbocycles. The van der Waals surface area contributed by atoms with Gasteiger partial charge in [-0.3, -0.25) is 0 Å². The minimum Gasteiger partial charge on any atom is -0.310 e. The van der Waals surface area contributed by atoms with E-state index in [0.29, 0.717) is 0 Å². The average molecular weight is 208 g/mol. The molecule has 4 nitrogen and oxygen atoms in total. The van der Waals surface area contributed by atoms with Crippen LogP contribution in [-0.2, 0) is 13.1 Å². The van der Waals surface area contributed by atoms with Crippen LogP contribution in [-0.4, -0.2) is 21.3 Å². The molecule has 1 N–H and O–H groups in total. The minimum atomic E-state index is 0.803. The van der Waals surface area contributed by atoms with E-state index in [-0.39, 0.29) is 0 Å². The van der Waals surface area contributed by atoms with Gasteiger partial charge in [0.05, 0.1) is 6.54 Å². The van der Waals surface area contributed by atoms with E-state index in [9.17, 15) is 0 Å². The number of allylic oxidation sites excluding steroid dienone is 1. The van der Waals surface area contributed by atoms with Crippen molar-refractivity contribution in [2.75, 3.05) is 6.54 Å². The standard InChI is InChI=1S/C11H20N4/c1-3-5-6-7-12-9-11-13-10-14-15(11)8-4-2/h3,5,10,12H,4,6-9H2,1-2H3/b5-3+. The number of nitrogens with zero attached hydrogens (tertiary/aromatic N) is 3. The van der Waals surface area contributed by atoms with Crippen molar-refractivity contribution in [1.82, 2.24) is 20.1 Å². The van der Waals surface area contributed by atoms with E-state index in [1.165, 1.54) is 0 Å². The van der Waals surface area contributed by atoms with Crippen LogP contribution in [0.15, 0.2) is 18.5 Å². The zero-order chi connectivity index (χ0) is 10.9. The first-order valence-corrected chi connectivity index (χ1v) is 5.57. The number of hydrogen-bond acceptors (Lipinski definition) is 3. The molecule has 0 saturated heterocycles. The predicted octanol–water partition coefficient (Wildman–Crippen LogP) is 1.74. The summed E-state index contributed by atoms with van der Waals surface area (Å²) in [5, 5.41) is 7.52. The third kappa shape index (κ3) is 4.25. The van der Waals surface area contributed by atoms with Gasteiger partial charge in [0.2, 0.25) is 0 Å². The van der Waals surface area contributed by atoms with Gasteiger partial charge >= 0.3 is 0 Å². The Balaban J connectivity index is 2.27. The highest BCUT2D eigenvalue weighted by Gasteiger charge is 2.01. The van der Waals surface area contributed by atoms with Gasteiger partial charge < -0.3 is 5.32 Å². The Labute approximate surface area is 91.4 Å². The summed E-state index contributed by atoms with van der Waals surface area (Å²) in [7, 11) is 0. The van der Waals surface area contributed by atoms with Crippen LogP contribution in [0, 0.1) is 0 Å². The van der Waals surface area contributed by atoms with E-state index in [2.05, 4.69) is 34.5 Å². The molecule has 0 atom stereocenters. The molecule has 1 rings (SSSR count). The maximum atomic E-state index is 4.22. The molecule has 0 aliphatic rings. The van der Waals surface area contributed by atoms with Crippen molar-refractivity contribution in [2.24, 2.45) is 0 Å². The first-order chi connectivity index (χ1) is 7.38. The molecule has 1 heterocycles. The molecule has 84 valence electrons. The molecule has 0 aromatic carbocycles. The molecular weight excluding hydrogens is 188 g/mol. The van der Waals surface area contributed by atoms with Crippen LogP contribution in [0.25, 0.3) is 0 Å². The largest absolute Gasteiger partial charge is 0.310 e. The van der Waals surface area contributed by atoms with Crippen LogP contribution in [0.2, 0.25) is 0 Å². The number of hydrogen-bond donors (Lipinski definition) is 1. The van der Waals surface area contributed by atoms with E-state index in [1.807, 2.05) is 11.6 Å². The molecule has 0 spiro atoms. The second kappa shape index (κ2) is 7.17. The van der Waals surface area contributed by atoms with Gasteiger partial charge in [-0.1, -0.05) is 19.1 Å². The lowest BCUT2D eigenvalue weighted by Gasteiger charge is -2.04. The molecule has 0 amide bonds. The quantitative estimate of drug-likeness (QED) is 0.548. The Morgan fingerprint density at radius 2 is 2.40 bits per heavy atom. The fraction of sp³-hybridized carbons (Fsp3) is 0.636. The molecule has 0 bridgehead atoms. The molecule has 1 aromatic rings. The van der Waals surface area contributed by atoms with Crippen molar-refractivity contribution >= 4 is 0 Å². The number of aryl methyl sites for hydroxylation is 1. The van der Waals surface area contributed by atoms with Crippen molar-refractivity contribution in [2.45, 2.75) is 39.8 Å². The van der Waals surface area contributed by atoms with E-state index >= 15 is 0 Å². The van der Waals surface area contributed by atoms with Gasteiger partial charge in [-0.2, -0.15) is 5.10 Å². The third-order valence-corrected chi connectivity index (χ3v) is 2.14. The van der Waals surface area contributed by atoms with Crippen molar-refractivity contribution in [3.63, 3.8) is 0 Å². The van der Waals surface area contributed by atoms with Gasteiger partial charge in [-0.25, -0.2) is 9.67 Å². The minimum absolute atomic E-state index is 0.803. The molecule has 0 saturated carbocycles. The number of aromatic nitrogens is 3. The number of rotatable bonds is 7. The van der Waals surface area contributed by atoms with Crippen LogP contribution in [0.1, 0.15) is 32.5 Å². The molecule has 15 heavy (non-hydrogen) atoms. The summed E-state index contributed by atoms with van der Waals surface area (Å²) in [4.78, 5) is 4.22. The summed E-state index contributed by atoms with van der Waals surface area (Å²) < 4.78 is 1.96. The Morgan fingerprint density at radius 3 is 3.13 bits per heavy atom. The van der Waals surface area contributed by atoms with Gasteiger partial charge in [0.1, 0.15) is 12.2 Å². The fourth-order valence-electron chi connectivity index (χ4n) is 1.38. The Hall–Kier alpha value is -1.16. The van der Waals surface area contributed by atoms with E-state index in [0.717, 1.165) is 38.3 Å². The molecule has 4 heteroatoms. The normalized spacial score (nSPS) is 11.3. The summed E-state index contributed by atoms with van der Waals surface area (Å²) >= 11 is 0. The van der Waals surface area contributed by atoms with Gasteiger partial charge in [0.15, 0.2) is 0 Å². The lowest BCUT2D eigenvalue weighted by molar-refractivity contribution is 0.544. The van der Waals surface area contributed by atoms with Crippen LogP contribution in [0.5, 0.6) is 0 Å². The zero-order valence-electron chi connectivity index (χ0n) is 9.61. The average Bonchev–Trinajstić information content (AvgIpc) is 2.66. The molecular formula is C11H20N4. The smallest absolute Gasteiger partial charge is 0.140 e. The van der Waals surface area contributed by atoms with Gasteiger partial charge in [0, 0.05) is 6.54 Å². The summed E-state index contributed by atoms with van der Waals surface area (Å²) in [5.41, 5.74) is 0. The van der Waals surface area contributed by atoms with E-state index < -0.39 is 0 Å². The second-order valence-corrected chi connectivity index (χ2v) is 3.43.